The van der Waals surface area contributed by atoms with Crippen LogP contribution in [0.15, 0.2) is 107 Å². The topological polar surface area (TPSA) is 88.1 Å². The second-order valence-electron chi connectivity index (χ2n) is 7.38. The monoisotopic (exact) mass is 473 g/mol. The van der Waals surface area contributed by atoms with Crippen LogP contribution in [0.3, 0.4) is 0 Å². The average molecular weight is 474 g/mol. The average Bonchev–Trinajstić information content (AvgIpc) is 2.88. The maximum absolute atomic E-state index is 13.3. The normalized spacial score (nSPS) is 11.4. The number of nitrogens with zero attached hydrogens (tertiary/aromatic N) is 2. The number of hydrogen-bond donors (Lipinski definition) is 1. The fraction of sp³-hybridized carbons (Fsp3) is 0.0769. The maximum atomic E-state index is 13.3. The van der Waals surface area contributed by atoms with Gasteiger partial charge in [-0.2, -0.15) is 5.10 Å². The van der Waals surface area contributed by atoms with Crippen molar-refractivity contribution in [2.75, 3.05) is 18.0 Å². The van der Waals surface area contributed by atoms with Crippen molar-refractivity contribution in [3.05, 3.63) is 103 Å². The fourth-order valence-corrected chi connectivity index (χ4v) is 4.93. The van der Waals surface area contributed by atoms with Crippen molar-refractivity contribution in [2.45, 2.75) is 4.90 Å². The maximum Gasteiger partial charge on any atom is 0.264 e. The number of nitrogens with one attached hydrogen (secondary N) is 1. The van der Waals surface area contributed by atoms with Gasteiger partial charge in [-0.15, -0.1) is 0 Å². The zero-order valence-electron chi connectivity index (χ0n) is 18.5. The van der Waals surface area contributed by atoms with Crippen molar-refractivity contribution in [3.8, 4) is 5.75 Å². The van der Waals surface area contributed by atoms with Crippen molar-refractivity contribution >= 4 is 38.6 Å². The Labute approximate surface area is 198 Å². The van der Waals surface area contributed by atoms with Crippen molar-refractivity contribution < 1.29 is 17.9 Å². The standard InChI is InChI=1S/C26H23N3O4S/c1-33-23-16-14-22(15-17-23)29(34(31,32)24-11-3-2-4-12-24)19-26(30)28-27-18-21-10-7-9-20-8-5-6-13-25(20)21/h2-18H,19H2,1H3,(H,28,30)/b27-18+. The van der Waals surface area contributed by atoms with E-state index in [9.17, 15) is 13.2 Å². The first-order valence-corrected chi connectivity index (χ1v) is 11.9. The Morgan fingerprint density at radius 1 is 0.912 bits per heavy atom. The van der Waals surface area contributed by atoms with E-state index in [-0.39, 0.29) is 4.90 Å². The minimum Gasteiger partial charge on any atom is -0.497 e. The van der Waals surface area contributed by atoms with Crippen LogP contribution in [0.25, 0.3) is 10.8 Å². The first-order valence-electron chi connectivity index (χ1n) is 10.5. The molecule has 0 saturated carbocycles. The highest BCUT2D eigenvalue weighted by Gasteiger charge is 2.27. The molecule has 8 heteroatoms. The predicted octanol–water partition coefficient (Wildman–Crippen LogP) is 4.19. The molecule has 0 unspecified atom stereocenters. The van der Waals surface area contributed by atoms with Gasteiger partial charge in [-0.25, -0.2) is 13.8 Å². The third kappa shape index (κ3) is 5.07. The van der Waals surface area contributed by atoms with E-state index in [0.29, 0.717) is 11.4 Å². The summed E-state index contributed by atoms with van der Waals surface area (Å²) in [6.45, 7) is -0.448. The smallest absolute Gasteiger partial charge is 0.264 e. The summed E-state index contributed by atoms with van der Waals surface area (Å²) in [6.07, 6.45) is 1.55. The van der Waals surface area contributed by atoms with E-state index in [1.165, 1.54) is 19.2 Å². The lowest BCUT2D eigenvalue weighted by Crippen LogP contribution is -2.39. The number of methoxy groups -OCH3 is 1. The number of sulfonamides is 1. The number of fused-ring (bicyclic) bond motifs is 1. The van der Waals surface area contributed by atoms with Crippen molar-refractivity contribution in [2.24, 2.45) is 5.10 Å². The summed E-state index contributed by atoms with van der Waals surface area (Å²) < 4.78 is 32.9. The molecule has 0 atom stereocenters. The number of rotatable bonds is 8. The van der Waals surface area contributed by atoms with Gasteiger partial charge in [-0.05, 0) is 47.2 Å². The van der Waals surface area contributed by atoms with Crippen LogP contribution in [0.4, 0.5) is 5.69 Å². The molecule has 1 N–H and O–H groups in total. The summed E-state index contributed by atoms with van der Waals surface area (Å²) in [7, 11) is -2.47. The van der Waals surface area contributed by atoms with Gasteiger partial charge in [0.25, 0.3) is 15.9 Å². The number of anilines is 1. The zero-order chi connectivity index (χ0) is 24.0. The van der Waals surface area contributed by atoms with Gasteiger partial charge in [0.1, 0.15) is 12.3 Å². The molecule has 0 aliphatic heterocycles. The second-order valence-corrected chi connectivity index (χ2v) is 9.25. The molecule has 7 nitrogen and oxygen atoms in total. The molecule has 0 heterocycles. The van der Waals surface area contributed by atoms with Gasteiger partial charge in [0.05, 0.1) is 23.9 Å². The minimum absolute atomic E-state index is 0.0814. The van der Waals surface area contributed by atoms with Crippen LogP contribution < -0.4 is 14.5 Å². The van der Waals surface area contributed by atoms with Gasteiger partial charge in [0, 0.05) is 5.56 Å². The summed E-state index contributed by atoms with van der Waals surface area (Å²) in [4.78, 5) is 12.8. The Bertz CT molecular complexity index is 1410. The van der Waals surface area contributed by atoms with Crippen LogP contribution in [0, 0.1) is 0 Å². The highest BCUT2D eigenvalue weighted by Crippen LogP contribution is 2.25. The van der Waals surface area contributed by atoms with E-state index in [1.54, 1.807) is 48.7 Å². The molecular formula is C26H23N3O4S. The Hall–Kier alpha value is -4.17. The molecule has 4 aromatic rings. The molecule has 172 valence electrons. The van der Waals surface area contributed by atoms with Gasteiger partial charge in [0.15, 0.2) is 0 Å². The molecule has 0 fully saturated rings. The van der Waals surface area contributed by atoms with Gasteiger partial charge in [-0.3, -0.25) is 9.10 Å². The van der Waals surface area contributed by atoms with E-state index < -0.39 is 22.5 Å². The number of benzene rings is 4. The first-order chi connectivity index (χ1) is 16.5. The molecule has 0 aromatic heterocycles. The molecule has 0 aliphatic carbocycles. The van der Waals surface area contributed by atoms with Crippen LogP contribution >= 0.6 is 0 Å². The lowest BCUT2D eigenvalue weighted by molar-refractivity contribution is -0.119. The molecule has 0 aliphatic rings. The van der Waals surface area contributed by atoms with Crippen LogP contribution in [0.5, 0.6) is 5.75 Å². The summed E-state index contributed by atoms with van der Waals surface area (Å²) in [5, 5.41) is 6.10. The molecule has 4 rings (SSSR count). The number of amides is 1. The lowest BCUT2D eigenvalue weighted by atomic mass is 10.1. The van der Waals surface area contributed by atoms with E-state index >= 15 is 0 Å². The molecule has 34 heavy (non-hydrogen) atoms. The summed E-state index contributed by atoms with van der Waals surface area (Å²) >= 11 is 0. The number of hydrogen-bond acceptors (Lipinski definition) is 5. The number of hydrazone groups is 1. The largest absolute Gasteiger partial charge is 0.497 e. The Morgan fingerprint density at radius 2 is 1.59 bits per heavy atom. The van der Waals surface area contributed by atoms with E-state index in [1.807, 2.05) is 42.5 Å². The summed E-state index contributed by atoms with van der Waals surface area (Å²) in [6, 6.07) is 28.1. The third-order valence-corrected chi connectivity index (χ3v) is 6.98. The van der Waals surface area contributed by atoms with Crippen LogP contribution in [0.1, 0.15) is 5.56 Å². The molecule has 0 bridgehead atoms. The van der Waals surface area contributed by atoms with E-state index in [2.05, 4.69) is 10.5 Å². The van der Waals surface area contributed by atoms with Crippen molar-refractivity contribution in [1.82, 2.24) is 5.43 Å². The van der Waals surface area contributed by atoms with Crippen molar-refractivity contribution in [1.29, 1.82) is 0 Å². The minimum atomic E-state index is -3.99. The predicted molar refractivity (Wildman–Crippen MR) is 134 cm³/mol. The lowest BCUT2D eigenvalue weighted by Gasteiger charge is -2.23. The van der Waals surface area contributed by atoms with Gasteiger partial charge >= 0.3 is 0 Å². The third-order valence-electron chi connectivity index (χ3n) is 5.20. The van der Waals surface area contributed by atoms with Gasteiger partial charge in [-0.1, -0.05) is 60.7 Å². The molecule has 0 saturated heterocycles. The molecule has 0 radical (unpaired) electrons. The quantitative estimate of drug-likeness (QED) is 0.307. The summed E-state index contributed by atoms with van der Waals surface area (Å²) in [5.74, 6) is -0.00300. The number of carbonyl (C=O) groups is 1. The van der Waals surface area contributed by atoms with Gasteiger partial charge < -0.3 is 4.74 Å². The molecule has 4 aromatic carbocycles. The highest BCUT2D eigenvalue weighted by atomic mass is 32.2. The number of carbonyl (C=O) groups excluding carboxylic acids is 1. The summed E-state index contributed by atoms with van der Waals surface area (Å²) in [5.41, 5.74) is 3.61. The van der Waals surface area contributed by atoms with Crippen LogP contribution in [-0.4, -0.2) is 34.2 Å². The number of ether oxygens (including phenoxy) is 1. The SMILES string of the molecule is COc1ccc(N(CC(=O)N/N=C/c2cccc3ccccc23)S(=O)(=O)c2ccccc2)cc1. The van der Waals surface area contributed by atoms with E-state index in [4.69, 9.17) is 4.74 Å². The van der Waals surface area contributed by atoms with Gasteiger partial charge in [0.2, 0.25) is 0 Å². The zero-order valence-corrected chi connectivity index (χ0v) is 19.3. The fourth-order valence-electron chi connectivity index (χ4n) is 3.49. The van der Waals surface area contributed by atoms with Crippen LogP contribution in [-0.2, 0) is 14.8 Å². The van der Waals surface area contributed by atoms with E-state index in [0.717, 1.165) is 20.6 Å². The molecule has 1 amide bonds. The molecule has 0 spiro atoms. The highest BCUT2D eigenvalue weighted by molar-refractivity contribution is 7.92. The Morgan fingerprint density at radius 3 is 2.32 bits per heavy atom. The van der Waals surface area contributed by atoms with Crippen molar-refractivity contribution in [3.63, 3.8) is 0 Å². The first kappa shape index (κ1) is 23.0. The molecular weight excluding hydrogens is 450 g/mol. The Balaban J connectivity index is 1.57. The Kier molecular flexibility index (Phi) is 6.89. The second kappa shape index (κ2) is 10.2. The van der Waals surface area contributed by atoms with Crippen LogP contribution in [0.2, 0.25) is 0 Å².